The van der Waals surface area contributed by atoms with E-state index in [4.69, 9.17) is 24.1 Å². The van der Waals surface area contributed by atoms with Gasteiger partial charge in [-0.25, -0.2) is 0 Å². The highest BCUT2D eigenvalue weighted by Crippen LogP contribution is 2.22. The van der Waals surface area contributed by atoms with E-state index in [2.05, 4.69) is 27.7 Å². The Morgan fingerprint density at radius 3 is 1.50 bits per heavy atom. The maximum absolute atomic E-state index is 8.45. The summed E-state index contributed by atoms with van der Waals surface area (Å²) in [5.41, 5.74) is 0. The van der Waals surface area contributed by atoms with Crippen LogP contribution < -0.4 is 0 Å². The van der Waals surface area contributed by atoms with Gasteiger partial charge in [-0.15, -0.1) is 0 Å². The lowest BCUT2D eigenvalue weighted by atomic mass is 10.1. The molecule has 1 aliphatic heterocycles. The molecule has 5 heteroatoms. The largest absolute Gasteiger partial charge is 0.394 e. The van der Waals surface area contributed by atoms with Gasteiger partial charge >= 0.3 is 0 Å². The molecule has 1 aliphatic rings. The molecule has 1 atom stereocenters. The predicted octanol–water partition coefficient (Wildman–Crippen LogP) is 7.29. The molecule has 1 rings (SSSR count). The van der Waals surface area contributed by atoms with Crippen molar-refractivity contribution in [1.82, 2.24) is 0 Å². The van der Waals surface area contributed by atoms with Gasteiger partial charge in [0.2, 0.25) is 0 Å². The Balaban J connectivity index is 0. The van der Waals surface area contributed by atoms with Gasteiger partial charge in [0.1, 0.15) is 6.10 Å². The van der Waals surface area contributed by atoms with E-state index < -0.39 is 5.79 Å². The zero-order valence-corrected chi connectivity index (χ0v) is 22.6. The first-order chi connectivity index (χ1) is 15.5. The predicted molar refractivity (Wildman–Crippen MR) is 136 cm³/mol. The third kappa shape index (κ3) is 27.8. The highest BCUT2D eigenvalue weighted by atomic mass is 16.7. The number of rotatable bonds is 18. The van der Waals surface area contributed by atoms with E-state index in [1.54, 1.807) is 0 Å². The topological polar surface area (TPSA) is 57.2 Å². The van der Waals surface area contributed by atoms with Crippen LogP contribution in [-0.4, -0.2) is 56.6 Å². The molecule has 1 heterocycles. The molecule has 0 amide bonds. The molecule has 0 aromatic heterocycles. The van der Waals surface area contributed by atoms with E-state index in [1.165, 1.54) is 83.5 Å². The SMILES string of the molecule is CC1(C)OCC(COCCOCCO)O1.CCCCCCCC.CCCCCCCCC. The van der Waals surface area contributed by atoms with Crippen LogP contribution in [0, 0.1) is 0 Å². The van der Waals surface area contributed by atoms with E-state index in [0.717, 1.165) is 0 Å². The summed E-state index contributed by atoms with van der Waals surface area (Å²) in [5.74, 6) is -0.485. The van der Waals surface area contributed by atoms with Gasteiger partial charge in [-0.3, -0.25) is 0 Å². The number of hydrogen-bond acceptors (Lipinski definition) is 5. The zero-order valence-electron chi connectivity index (χ0n) is 22.6. The summed E-state index contributed by atoms with van der Waals surface area (Å²) in [6.45, 7) is 15.3. The van der Waals surface area contributed by atoms with Gasteiger partial charge in [-0.1, -0.05) is 111 Å². The van der Waals surface area contributed by atoms with Crippen molar-refractivity contribution >= 4 is 0 Å². The lowest BCUT2D eigenvalue weighted by molar-refractivity contribution is -0.145. The molecule has 1 saturated heterocycles. The van der Waals surface area contributed by atoms with E-state index in [0.29, 0.717) is 33.0 Å². The molecular formula is C27H58O5. The van der Waals surface area contributed by atoms with Crippen LogP contribution in [0.5, 0.6) is 0 Å². The molecule has 1 unspecified atom stereocenters. The highest BCUT2D eigenvalue weighted by Gasteiger charge is 2.32. The fourth-order valence-electron chi connectivity index (χ4n) is 3.23. The van der Waals surface area contributed by atoms with E-state index in [1.807, 2.05) is 13.8 Å². The first-order valence-electron chi connectivity index (χ1n) is 13.5. The van der Waals surface area contributed by atoms with Crippen molar-refractivity contribution in [2.45, 2.75) is 137 Å². The second kappa shape index (κ2) is 27.0. The van der Waals surface area contributed by atoms with Crippen LogP contribution >= 0.6 is 0 Å². The van der Waals surface area contributed by atoms with Crippen LogP contribution in [-0.2, 0) is 18.9 Å². The highest BCUT2D eigenvalue weighted by molar-refractivity contribution is 4.70. The first kappa shape index (κ1) is 34.0. The van der Waals surface area contributed by atoms with E-state index >= 15 is 0 Å². The molecule has 0 radical (unpaired) electrons. The van der Waals surface area contributed by atoms with Gasteiger partial charge in [-0.05, 0) is 13.8 Å². The van der Waals surface area contributed by atoms with Gasteiger partial charge in [0.05, 0.1) is 39.6 Å². The molecule has 0 aliphatic carbocycles. The third-order valence-corrected chi connectivity index (χ3v) is 5.14. The van der Waals surface area contributed by atoms with E-state index in [-0.39, 0.29) is 12.7 Å². The number of unbranched alkanes of at least 4 members (excludes halogenated alkanes) is 11. The maximum atomic E-state index is 8.45. The van der Waals surface area contributed by atoms with Gasteiger partial charge in [0.25, 0.3) is 0 Å². The van der Waals surface area contributed by atoms with Crippen molar-refractivity contribution < 1.29 is 24.1 Å². The summed E-state index contributed by atoms with van der Waals surface area (Å²) < 4.78 is 21.3. The van der Waals surface area contributed by atoms with Gasteiger partial charge in [-0.2, -0.15) is 0 Å². The average Bonchev–Trinajstić information content (AvgIpc) is 3.13. The van der Waals surface area contributed by atoms with E-state index in [9.17, 15) is 0 Å². The summed E-state index contributed by atoms with van der Waals surface area (Å²) in [7, 11) is 0. The quantitative estimate of drug-likeness (QED) is 0.217. The van der Waals surface area contributed by atoms with Crippen LogP contribution in [0.15, 0.2) is 0 Å². The van der Waals surface area contributed by atoms with Crippen molar-refractivity contribution in [3.8, 4) is 0 Å². The van der Waals surface area contributed by atoms with Crippen LogP contribution in [0.2, 0.25) is 0 Å². The van der Waals surface area contributed by atoms with Crippen molar-refractivity contribution in [1.29, 1.82) is 0 Å². The molecule has 0 bridgehead atoms. The minimum atomic E-state index is -0.485. The molecular weight excluding hydrogens is 404 g/mol. The normalized spacial score (nSPS) is 16.8. The van der Waals surface area contributed by atoms with Crippen molar-refractivity contribution in [3.05, 3.63) is 0 Å². The molecule has 0 spiro atoms. The molecule has 1 fully saturated rings. The Morgan fingerprint density at radius 2 is 1.12 bits per heavy atom. The summed E-state index contributed by atoms with van der Waals surface area (Å²) >= 11 is 0. The fraction of sp³-hybridized carbons (Fsp3) is 1.00. The summed E-state index contributed by atoms with van der Waals surface area (Å²) in [5, 5.41) is 8.45. The number of aliphatic hydroxyl groups is 1. The molecule has 0 aromatic rings. The Labute approximate surface area is 200 Å². The lowest BCUT2D eigenvalue weighted by Crippen LogP contribution is -2.24. The van der Waals surface area contributed by atoms with Gasteiger partial charge in [0.15, 0.2) is 5.79 Å². The monoisotopic (exact) mass is 462 g/mol. The summed E-state index contributed by atoms with van der Waals surface area (Å²) in [6, 6.07) is 0. The number of aliphatic hydroxyl groups excluding tert-OH is 1. The smallest absolute Gasteiger partial charge is 0.163 e. The minimum Gasteiger partial charge on any atom is -0.394 e. The van der Waals surface area contributed by atoms with Gasteiger partial charge in [0, 0.05) is 0 Å². The molecule has 1 N–H and O–H groups in total. The zero-order chi connectivity index (χ0) is 24.3. The number of hydrogen-bond donors (Lipinski definition) is 1. The van der Waals surface area contributed by atoms with Crippen LogP contribution in [0.4, 0.5) is 0 Å². The average molecular weight is 463 g/mol. The minimum absolute atomic E-state index is 0.0119. The fourth-order valence-corrected chi connectivity index (χ4v) is 3.23. The summed E-state index contributed by atoms with van der Waals surface area (Å²) in [4.78, 5) is 0. The Hall–Kier alpha value is -0.200. The standard InChI is InChI=1S/C10H20O5.C9H20.C8H18/c1-10(2)14-8-9(15-10)7-13-6-5-12-4-3-11;1-3-5-7-9-8-6-4-2;1-3-5-7-8-6-4-2/h9,11H,3-8H2,1-2H3;3-9H2,1-2H3;3-8H2,1-2H3. The second-order valence-corrected chi connectivity index (χ2v) is 9.04. The molecule has 196 valence electrons. The second-order valence-electron chi connectivity index (χ2n) is 9.04. The lowest BCUT2D eigenvalue weighted by Gasteiger charge is -2.17. The number of ether oxygens (including phenoxy) is 4. The van der Waals surface area contributed by atoms with Crippen LogP contribution in [0.3, 0.4) is 0 Å². The van der Waals surface area contributed by atoms with Crippen molar-refractivity contribution in [2.75, 3.05) is 39.6 Å². The molecule has 32 heavy (non-hydrogen) atoms. The first-order valence-corrected chi connectivity index (χ1v) is 13.5. The molecule has 0 aromatic carbocycles. The molecule has 5 nitrogen and oxygen atoms in total. The van der Waals surface area contributed by atoms with Crippen molar-refractivity contribution in [2.24, 2.45) is 0 Å². The Bertz CT molecular complexity index is 324. The third-order valence-electron chi connectivity index (χ3n) is 5.14. The van der Waals surface area contributed by atoms with Crippen molar-refractivity contribution in [3.63, 3.8) is 0 Å². The summed E-state index contributed by atoms with van der Waals surface area (Å²) in [6.07, 6.45) is 18.5. The molecule has 0 saturated carbocycles. The maximum Gasteiger partial charge on any atom is 0.163 e. The van der Waals surface area contributed by atoms with Gasteiger partial charge < -0.3 is 24.1 Å². The Kier molecular flexibility index (Phi) is 28.7. The Morgan fingerprint density at radius 1 is 0.688 bits per heavy atom. The van der Waals surface area contributed by atoms with Crippen LogP contribution in [0.25, 0.3) is 0 Å². The van der Waals surface area contributed by atoms with Crippen LogP contribution in [0.1, 0.15) is 125 Å².